The summed E-state index contributed by atoms with van der Waals surface area (Å²) in [5, 5.41) is 12.6. The molecule has 21 heavy (non-hydrogen) atoms. The molecule has 0 atom stereocenters. The Labute approximate surface area is 123 Å². The molecule has 0 spiro atoms. The number of aromatic nitrogens is 2. The van der Waals surface area contributed by atoms with Crippen molar-refractivity contribution in [2.24, 2.45) is 0 Å². The molecule has 112 valence electrons. The van der Waals surface area contributed by atoms with Crippen molar-refractivity contribution < 1.29 is 14.4 Å². The molecule has 0 saturated heterocycles. The number of carboxylic acids is 1. The average molecular weight is 289 g/mol. The van der Waals surface area contributed by atoms with Gasteiger partial charge in [0.05, 0.1) is 6.54 Å². The highest BCUT2D eigenvalue weighted by atomic mass is 16.5. The summed E-state index contributed by atoms with van der Waals surface area (Å²) < 4.78 is 5.22. The van der Waals surface area contributed by atoms with Crippen LogP contribution in [0.25, 0.3) is 0 Å². The van der Waals surface area contributed by atoms with E-state index in [4.69, 9.17) is 9.63 Å². The van der Waals surface area contributed by atoms with Crippen LogP contribution in [0.1, 0.15) is 31.5 Å². The highest BCUT2D eigenvalue weighted by Crippen LogP contribution is 2.17. The van der Waals surface area contributed by atoms with Crippen LogP contribution in [-0.2, 0) is 17.8 Å². The SMILES string of the molecule is CCc1noc(CN(CCCC(=O)O)c2ccccc2)n1. The smallest absolute Gasteiger partial charge is 0.303 e. The third kappa shape index (κ3) is 4.59. The van der Waals surface area contributed by atoms with Crippen LogP contribution in [0.3, 0.4) is 0 Å². The van der Waals surface area contributed by atoms with E-state index in [9.17, 15) is 4.79 Å². The lowest BCUT2D eigenvalue weighted by Crippen LogP contribution is -2.24. The average Bonchev–Trinajstić information content (AvgIpc) is 2.94. The molecule has 0 amide bonds. The summed E-state index contributed by atoms with van der Waals surface area (Å²) in [5.74, 6) is 0.448. The molecule has 1 aromatic heterocycles. The molecule has 1 heterocycles. The predicted molar refractivity (Wildman–Crippen MR) is 78.0 cm³/mol. The molecule has 0 aliphatic rings. The molecule has 0 aliphatic heterocycles. The number of para-hydroxylation sites is 1. The fraction of sp³-hybridized carbons (Fsp3) is 0.400. The van der Waals surface area contributed by atoms with Gasteiger partial charge >= 0.3 is 5.97 Å². The van der Waals surface area contributed by atoms with Gasteiger partial charge in [-0.3, -0.25) is 4.79 Å². The molecule has 0 aliphatic carbocycles. The molecular formula is C15H19N3O3. The van der Waals surface area contributed by atoms with Gasteiger partial charge in [0.15, 0.2) is 5.82 Å². The molecule has 0 fully saturated rings. The first-order valence-electron chi connectivity index (χ1n) is 7.02. The zero-order valence-electron chi connectivity index (χ0n) is 12.0. The van der Waals surface area contributed by atoms with Crippen molar-refractivity contribution in [1.29, 1.82) is 0 Å². The van der Waals surface area contributed by atoms with Gasteiger partial charge in [-0.15, -0.1) is 0 Å². The molecule has 2 rings (SSSR count). The molecule has 0 unspecified atom stereocenters. The molecule has 6 nitrogen and oxygen atoms in total. The highest BCUT2D eigenvalue weighted by Gasteiger charge is 2.12. The van der Waals surface area contributed by atoms with Crippen LogP contribution in [-0.4, -0.2) is 27.8 Å². The number of nitrogens with zero attached hydrogens (tertiary/aromatic N) is 3. The summed E-state index contributed by atoms with van der Waals surface area (Å²) in [5.41, 5.74) is 1.01. The third-order valence-electron chi connectivity index (χ3n) is 3.09. The van der Waals surface area contributed by atoms with Gasteiger partial charge in [0, 0.05) is 25.1 Å². The second kappa shape index (κ2) is 7.42. The zero-order chi connectivity index (χ0) is 15.1. The molecule has 2 aromatic rings. The van der Waals surface area contributed by atoms with Crippen molar-refractivity contribution >= 4 is 11.7 Å². The summed E-state index contributed by atoms with van der Waals surface area (Å²) in [4.78, 5) is 17.0. The van der Waals surface area contributed by atoms with Gasteiger partial charge in [-0.2, -0.15) is 4.98 Å². The lowest BCUT2D eigenvalue weighted by atomic mass is 10.2. The van der Waals surface area contributed by atoms with E-state index in [0.717, 1.165) is 12.1 Å². The zero-order valence-corrected chi connectivity index (χ0v) is 12.0. The lowest BCUT2D eigenvalue weighted by Gasteiger charge is -2.22. The van der Waals surface area contributed by atoms with Gasteiger partial charge < -0.3 is 14.5 Å². The van der Waals surface area contributed by atoms with E-state index in [1.165, 1.54) is 0 Å². The summed E-state index contributed by atoms with van der Waals surface area (Å²) >= 11 is 0. The Morgan fingerprint density at radius 3 is 2.71 bits per heavy atom. The van der Waals surface area contributed by atoms with Crippen LogP contribution < -0.4 is 4.90 Å². The van der Waals surface area contributed by atoms with E-state index in [2.05, 4.69) is 15.0 Å². The number of aryl methyl sites for hydroxylation is 1. The maximum Gasteiger partial charge on any atom is 0.303 e. The molecule has 0 radical (unpaired) electrons. The summed E-state index contributed by atoms with van der Waals surface area (Å²) in [6.07, 6.45) is 1.44. The monoisotopic (exact) mass is 289 g/mol. The largest absolute Gasteiger partial charge is 0.481 e. The van der Waals surface area contributed by atoms with Crippen LogP contribution in [0.15, 0.2) is 34.9 Å². The topological polar surface area (TPSA) is 79.5 Å². The molecule has 0 saturated carbocycles. The predicted octanol–water partition coefficient (Wildman–Crippen LogP) is 2.50. The maximum atomic E-state index is 10.7. The Bertz CT molecular complexity index is 569. The van der Waals surface area contributed by atoms with Crippen molar-refractivity contribution in [2.45, 2.75) is 32.7 Å². The van der Waals surface area contributed by atoms with Crippen LogP contribution in [0, 0.1) is 0 Å². The van der Waals surface area contributed by atoms with E-state index in [-0.39, 0.29) is 6.42 Å². The minimum absolute atomic E-state index is 0.146. The Kier molecular flexibility index (Phi) is 5.31. The quantitative estimate of drug-likeness (QED) is 0.804. The van der Waals surface area contributed by atoms with Crippen molar-refractivity contribution in [1.82, 2.24) is 10.1 Å². The number of hydrogen-bond donors (Lipinski definition) is 1. The Balaban J connectivity index is 2.05. The van der Waals surface area contributed by atoms with Crippen molar-refractivity contribution in [3.8, 4) is 0 Å². The fourth-order valence-corrected chi connectivity index (χ4v) is 2.02. The fourth-order valence-electron chi connectivity index (χ4n) is 2.02. The minimum Gasteiger partial charge on any atom is -0.481 e. The second-order valence-electron chi connectivity index (χ2n) is 4.71. The van der Waals surface area contributed by atoms with Crippen LogP contribution in [0.2, 0.25) is 0 Å². The number of carboxylic acid groups (broad SMARTS) is 1. The van der Waals surface area contributed by atoms with E-state index in [0.29, 0.717) is 31.2 Å². The molecule has 6 heteroatoms. The molecule has 1 aromatic carbocycles. The standard InChI is InChI=1S/C15H19N3O3/c1-2-13-16-14(21-17-13)11-18(10-6-9-15(19)20)12-7-4-3-5-8-12/h3-5,7-8H,2,6,9-11H2,1H3,(H,19,20). The van der Waals surface area contributed by atoms with Crippen LogP contribution >= 0.6 is 0 Å². The van der Waals surface area contributed by atoms with Crippen molar-refractivity contribution in [3.05, 3.63) is 42.0 Å². The normalized spacial score (nSPS) is 10.5. The van der Waals surface area contributed by atoms with Crippen molar-refractivity contribution in [3.63, 3.8) is 0 Å². The lowest BCUT2D eigenvalue weighted by molar-refractivity contribution is -0.137. The van der Waals surface area contributed by atoms with Gasteiger partial charge in [0.25, 0.3) is 0 Å². The first-order chi connectivity index (χ1) is 10.2. The number of aliphatic carboxylic acids is 1. The van der Waals surface area contributed by atoms with Gasteiger partial charge in [0.2, 0.25) is 5.89 Å². The van der Waals surface area contributed by atoms with E-state index >= 15 is 0 Å². The van der Waals surface area contributed by atoms with Crippen LogP contribution in [0.4, 0.5) is 5.69 Å². The Morgan fingerprint density at radius 1 is 1.33 bits per heavy atom. The van der Waals surface area contributed by atoms with Crippen LogP contribution in [0.5, 0.6) is 0 Å². The molecule has 1 N–H and O–H groups in total. The Hall–Kier alpha value is -2.37. The van der Waals surface area contributed by atoms with Gasteiger partial charge in [-0.25, -0.2) is 0 Å². The number of rotatable bonds is 8. The van der Waals surface area contributed by atoms with Gasteiger partial charge in [-0.1, -0.05) is 30.3 Å². The van der Waals surface area contributed by atoms with E-state index in [1.807, 2.05) is 37.3 Å². The highest BCUT2D eigenvalue weighted by molar-refractivity contribution is 5.66. The molecular weight excluding hydrogens is 270 g/mol. The third-order valence-corrected chi connectivity index (χ3v) is 3.09. The summed E-state index contributed by atoms with van der Waals surface area (Å²) in [6, 6.07) is 9.81. The number of hydrogen-bond acceptors (Lipinski definition) is 5. The molecule has 0 bridgehead atoms. The Morgan fingerprint density at radius 2 is 2.10 bits per heavy atom. The number of carbonyl (C=O) groups is 1. The van der Waals surface area contributed by atoms with Gasteiger partial charge in [0.1, 0.15) is 0 Å². The summed E-state index contributed by atoms with van der Waals surface area (Å²) in [7, 11) is 0. The first kappa shape index (κ1) is 15.0. The number of anilines is 1. The van der Waals surface area contributed by atoms with E-state index < -0.39 is 5.97 Å². The van der Waals surface area contributed by atoms with Gasteiger partial charge in [-0.05, 0) is 18.6 Å². The summed E-state index contributed by atoms with van der Waals surface area (Å²) in [6.45, 7) is 3.08. The second-order valence-corrected chi connectivity index (χ2v) is 4.71. The maximum absolute atomic E-state index is 10.7. The minimum atomic E-state index is -0.783. The van der Waals surface area contributed by atoms with Crippen molar-refractivity contribution in [2.75, 3.05) is 11.4 Å². The number of benzene rings is 1. The first-order valence-corrected chi connectivity index (χ1v) is 7.02. The van der Waals surface area contributed by atoms with E-state index in [1.54, 1.807) is 0 Å².